The van der Waals surface area contributed by atoms with E-state index >= 15 is 0 Å². The number of rotatable bonds is 2. The van der Waals surface area contributed by atoms with Crippen molar-refractivity contribution in [3.05, 3.63) is 51.1 Å². The minimum Gasteiger partial charge on any atom is -0.325 e. The average Bonchev–Trinajstić information content (AvgIpc) is 2.75. The SMILES string of the molecule is N#CCC(=O)Nc1ccc2c(c1)Cc1cc(I)ccc1-2. The van der Waals surface area contributed by atoms with Gasteiger partial charge in [0.1, 0.15) is 6.42 Å². The number of benzene rings is 2. The van der Waals surface area contributed by atoms with Crippen LogP contribution in [0.4, 0.5) is 5.69 Å². The summed E-state index contributed by atoms with van der Waals surface area (Å²) in [6, 6.07) is 14.2. The van der Waals surface area contributed by atoms with Gasteiger partial charge in [0.15, 0.2) is 0 Å². The fraction of sp³-hybridized carbons (Fsp3) is 0.125. The summed E-state index contributed by atoms with van der Waals surface area (Å²) in [7, 11) is 0. The molecule has 4 heteroatoms. The molecule has 0 atom stereocenters. The van der Waals surface area contributed by atoms with E-state index in [1.807, 2.05) is 24.3 Å². The monoisotopic (exact) mass is 374 g/mol. The highest BCUT2D eigenvalue weighted by atomic mass is 127. The number of nitrogens with zero attached hydrogens (tertiary/aromatic N) is 1. The van der Waals surface area contributed by atoms with Crippen molar-refractivity contribution < 1.29 is 4.79 Å². The number of carbonyl (C=O) groups is 1. The zero-order valence-electron chi connectivity index (χ0n) is 10.6. The van der Waals surface area contributed by atoms with Crippen LogP contribution < -0.4 is 5.32 Å². The fourth-order valence-corrected chi connectivity index (χ4v) is 3.09. The number of hydrogen-bond acceptors (Lipinski definition) is 2. The second-order valence-electron chi connectivity index (χ2n) is 4.73. The summed E-state index contributed by atoms with van der Waals surface area (Å²) in [6.45, 7) is 0. The third-order valence-electron chi connectivity index (χ3n) is 3.37. The highest BCUT2D eigenvalue weighted by Gasteiger charge is 2.18. The number of amides is 1. The molecule has 0 heterocycles. The molecule has 98 valence electrons. The van der Waals surface area contributed by atoms with Crippen molar-refractivity contribution in [2.24, 2.45) is 0 Å². The summed E-state index contributed by atoms with van der Waals surface area (Å²) in [5, 5.41) is 11.3. The first-order valence-corrected chi connectivity index (χ1v) is 7.34. The predicted molar refractivity (Wildman–Crippen MR) is 86.3 cm³/mol. The molecule has 2 aromatic carbocycles. The van der Waals surface area contributed by atoms with Gasteiger partial charge < -0.3 is 5.32 Å². The zero-order valence-corrected chi connectivity index (χ0v) is 12.8. The van der Waals surface area contributed by atoms with Crippen LogP contribution in [0, 0.1) is 14.9 Å². The number of fused-ring (bicyclic) bond motifs is 3. The molecule has 0 unspecified atom stereocenters. The maximum absolute atomic E-state index is 11.4. The molecule has 0 aliphatic heterocycles. The number of halogens is 1. The minimum absolute atomic E-state index is 0.116. The number of carbonyl (C=O) groups excluding carboxylic acids is 1. The summed E-state index contributed by atoms with van der Waals surface area (Å²) >= 11 is 2.32. The molecule has 1 aliphatic carbocycles. The molecule has 2 aromatic rings. The van der Waals surface area contributed by atoms with Crippen LogP contribution in [-0.4, -0.2) is 5.91 Å². The maximum atomic E-state index is 11.4. The molecule has 0 spiro atoms. The Hall–Kier alpha value is -1.87. The Labute approximate surface area is 130 Å². The molecular weight excluding hydrogens is 363 g/mol. The summed E-state index contributed by atoms with van der Waals surface area (Å²) < 4.78 is 1.23. The first-order valence-electron chi connectivity index (χ1n) is 6.26. The summed E-state index contributed by atoms with van der Waals surface area (Å²) in [6.07, 6.45) is 0.777. The lowest BCUT2D eigenvalue weighted by Crippen LogP contribution is -2.10. The van der Waals surface area contributed by atoms with Gasteiger partial charge in [-0.05, 0) is 75.5 Å². The predicted octanol–water partition coefficient (Wildman–Crippen LogP) is 3.71. The molecule has 0 fully saturated rings. The maximum Gasteiger partial charge on any atom is 0.238 e. The van der Waals surface area contributed by atoms with Crippen molar-refractivity contribution >= 4 is 34.2 Å². The molecule has 3 rings (SSSR count). The molecule has 20 heavy (non-hydrogen) atoms. The lowest BCUT2D eigenvalue weighted by atomic mass is 10.1. The van der Waals surface area contributed by atoms with E-state index in [0.717, 1.165) is 12.1 Å². The standard InChI is InChI=1S/C16H11IN2O/c17-12-1-3-14-10(8-12)7-11-9-13(2-4-15(11)14)19-16(20)5-6-18/h1-4,8-9H,5,7H2,(H,19,20). The van der Waals surface area contributed by atoms with Crippen LogP contribution in [0.2, 0.25) is 0 Å². The molecule has 3 nitrogen and oxygen atoms in total. The quantitative estimate of drug-likeness (QED) is 0.696. The molecule has 1 N–H and O–H groups in total. The van der Waals surface area contributed by atoms with Gasteiger partial charge in [-0.15, -0.1) is 0 Å². The fourth-order valence-electron chi connectivity index (χ4n) is 2.53. The second-order valence-corrected chi connectivity index (χ2v) is 5.98. The Morgan fingerprint density at radius 2 is 1.90 bits per heavy atom. The largest absolute Gasteiger partial charge is 0.325 e. The topological polar surface area (TPSA) is 52.9 Å². The van der Waals surface area contributed by atoms with E-state index < -0.39 is 0 Å². The lowest BCUT2D eigenvalue weighted by Gasteiger charge is -2.06. The van der Waals surface area contributed by atoms with Gasteiger partial charge in [0.05, 0.1) is 6.07 Å². The van der Waals surface area contributed by atoms with E-state index in [1.54, 1.807) is 0 Å². The van der Waals surface area contributed by atoms with Gasteiger partial charge in [-0.3, -0.25) is 4.79 Å². The zero-order chi connectivity index (χ0) is 14.1. The lowest BCUT2D eigenvalue weighted by molar-refractivity contribution is -0.115. The molecule has 1 aliphatic rings. The molecule has 0 saturated heterocycles. The second kappa shape index (κ2) is 5.25. The first kappa shape index (κ1) is 13.1. The van der Waals surface area contributed by atoms with Crippen molar-refractivity contribution in [1.29, 1.82) is 5.26 Å². The van der Waals surface area contributed by atoms with Gasteiger partial charge in [0.25, 0.3) is 0 Å². The third kappa shape index (κ3) is 2.41. The summed E-state index contributed by atoms with van der Waals surface area (Å²) in [5.41, 5.74) is 5.81. The van der Waals surface area contributed by atoms with E-state index in [0.29, 0.717) is 0 Å². The van der Waals surface area contributed by atoms with Gasteiger partial charge in [0, 0.05) is 9.26 Å². The third-order valence-corrected chi connectivity index (χ3v) is 4.04. The van der Waals surface area contributed by atoms with Crippen LogP contribution in [0.3, 0.4) is 0 Å². The highest BCUT2D eigenvalue weighted by Crippen LogP contribution is 2.38. The van der Waals surface area contributed by atoms with Crippen molar-refractivity contribution in [3.63, 3.8) is 0 Å². The van der Waals surface area contributed by atoms with Crippen LogP contribution in [0.1, 0.15) is 17.5 Å². The van der Waals surface area contributed by atoms with E-state index in [1.165, 1.54) is 25.8 Å². The summed E-state index contributed by atoms with van der Waals surface area (Å²) in [4.78, 5) is 11.4. The minimum atomic E-state index is -0.266. The van der Waals surface area contributed by atoms with Gasteiger partial charge >= 0.3 is 0 Å². The molecule has 0 radical (unpaired) electrons. The number of anilines is 1. The number of nitrogens with one attached hydrogen (secondary N) is 1. The Balaban J connectivity index is 1.90. The first-order chi connectivity index (χ1) is 9.67. The van der Waals surface area contributed by atoms with Gasteiger partial charge in [-0.25, -0.2) is 0 Å². The van der Waals surface area contributed by atoms with E-state index in [2.05, 4.69) is 46.1 Å². The Bertz CT molecular complexity index is 747. The number of nitriles is 1. The molecule has 0 aromatic heterocycles. The molecule has 1 amide bonds. The van der Waals surface area contributed by atoms with Gasteiger partial charge in [0.2, 0.25) is 5.91 Å². The normalized spacial score (nSPS) is 11.4. The Morgan fingerprint density at radius 3 is 2.65 bits per heavy atom. The number of hydrogen-bond donors (Lipinski definition) is 1. The van der Waals surface area contributed by atoms with Crippen molar-refractivity contribution in [2.45, 2.75) is 12.8 Å². The van der Waals surface area contributed by atoms with Crippen LogP contribution >= 0.6 is 22.6 Å². The van der Waals surface area contributed by atoms with Gasteiger partial charge in [-0.1, -0.05) is 12.1 Å². The van der Waals surface area contributed by atoms with E-state index in [4.69, 9.17) is 5.26 Å². The average molecular weight is 374 g/mol. The molecular formula is C16H11IN2O. The molecule has 0 saturated carbocycles. The van der Waals surface area contributed by atoms with Crippen LogP contribution in [-0.2, 0) is 11.2 Å². The van der Waals surface area contributed by atoms with Crippen LogP contribution in [0.5, 0.6) is 0 Å². The van der Waals surface area contributed by atoms with E-state index in [-0.39, 0.29) is 12.3 Å². The van der Waals surface area contributed by atoms with Crippen LogP contribution in [0.25, 0.3) is 11.1 Å². The smallest absolute Gasteiger partial charge is 0.238 e. The molecule has 0 bridgehead atoms. The van der Waals surface area contributed by atoms with Crippen molar-refractivity contribution in [2.75, 3.05) is 5.32 Å². The summed E-state index contributed by atoms with van der Waals surface area (Å²) in [5.74, 6) is -0.266. The van der Waals surface area contributed by atoms with Crippen molar-refractivity contribution in [1.82, 2.24) is 0 Å². The highest BCUT2D eigenvalue weighted by molar-refractivity contribution is 14.1. The Kier molecular flexibility index (Phi) is 3.45. The van der Waals surface area contributed by atoms with Crippen molar-refractivity contribution in [3.8, 4) is 17.2 Å². The van der Waals surface area contributed by atoms with Crippen LogP contribution in [0.15, 0.2) is 36.4 Å². The van der Waals surface area contributed by atoms with Gasteiger partial charge in [-0.2, -0.15) is 5.26 Å². The van der Waals surface area contributed by atoms with E-state index in [9.17, 15) is 4.79 Å². The Morgan fingerprint density at radius 1 is 1.20 bits per heavy atom.